The topological polar surface area (TPSA) is 18.5 Å². The Labute approximate surface area is 196 Å². The van der Waals surface area contributed by atoms with Crippen molar-refractivity contribution in [2.75, 3.05) is 27.7 Å². The van der Waals surface area contributed by atoms with E-state index in [0.29, 0.717) is 12.2 Å². The van der Waals surface area contributed by atoms with Gasteiger partial charge in [-0.1, -0.05) is 97.8 Å². The van der Waals surface area contributed by atoms with Crippen molar-refractivity contribution in [3.63, 3.8) is 0 Å². The van der Waals surface area contributed by atoms with E-state index in [0.717, 1.165) is 30.2 Å². The van der Waals surface area contributed by atoms with Crippen LogP contribution in [0, 0.1) is 0 Å². The number of rotatable bonds is 20. The minimum absolute atomic E-state index is 0.285. The number of nitrogens with zero attached hydrogens (tertiary/aromatic N) is 1. The second kappa shape index (κ2) is 16.5. The van der Waals surface area contributed by atoms with Gasteiger partial charge in [0.05, 0.1) is 39.9 Å². The normalized spacial score (nSPS) is 21.1. The standard InChI is InChI=1S/C28H58NO2/c1-7-10-11-12-15-18-21-26-27(31-28(30-26,23-8-2)24-9-3)22-19-16-13-14-17-20-25-29(4,5)6/h26-27H,7-25H2,1-6H3/q+1/t26-,27-/m1/s1. The van der Waals surface area contributed by atoms with E-state index in [1.165, 1.54) is 96.4 Å². The van der Waals surface area contributed by atoms with Crippen molar-refractivity contribution in [2.45, 2.75) is 154 Å². The van der Waals surface area contributed by atoms with Crippen LogP contribution in [0.1, 0.15) is 136 Å². The van der Waals surface area contributed by atoms with E-state index in [9.17, 15) is 0 Å². The molecule has 0 N–H and O–H groups in total. The fourth-order valence-electron chi connectivity index (χ4n) is 5.11. The molecule has 3 nitrogen and oxygen atoms in total. The van der Waals surface area contributed by atoms with Gasteiger partial charge in [-0.25, -0.2) is 0 Å². The minimum atomic E-state index is -0.285. The van der Waals surface area contributed by atoms with Gasteiger partial charge in [-0.15, -0.1) is 0 Å². The molecular formula is C28H58NO2+. The first-order valence-corrected chi connectivity index (χ1v) is 14.0. The summed E-state index contributed by atoms with van der Waals surface area (Å²) in [6, 6.07) is 0. The van der Waals surface area contributed by atoms with Crippen molar-refractivity contribution < 1.29 is 14.0 Å². The second-order valence-corrected chi connectivity index (χ2v) is 11.2. The summed E-state index contributed by atoms with van der Waals surface area (Å²) < 4.78 is 14.5. The lowest BCUT2D eigenvalue weighted by molar-refractivity contribution is -0.870. The quantitative estimate of drug-likeness (QED) is 0.140. The third-order valence-electron chi connectivity index (χ3n) is 6.82. The predicted molar refractivity (Wildman–Crippen MR) is 136 cm³/mol. The number of quaternary nitrogens is 1. The molecule has 0 radical (unpaired) electrons. The third-order valence-corrected chi connectivity index (χ3v) is 6.82. The average Bonchev–Trinajstić information content (AvgIpc) is 3.03. The molecule has 0 bridgehead atoms. The molecule has 0 saturated carbocycles. The van der Waals surface area contributed by atoms with Crippen LogP contribution in [0.2, 0.25) is 0 Å². The van der Waals surface area contributed by atoms with Gasteiger partial charge in [0.25, 0.3) is 0 Å². The summed E-state index contributed by atoms with van der Waals surface area (Å²) in [5, 5.41) is 0. The zero-order valence-corrected chi connectivity index (χ0v) is 22.4. The number of ether oxygens (including phenoxy) is 2. The molecule has 0 unspecified atom stereocenters. The first-order chi connectivity index (χ1) is 14.9. The fourth-order valence-corrected chi connectivity index (χ4v) is 5.11. The van der Waals surface area contributed by atoms with E-state index >= 15 is 0 Å². The molecule has 1 aliphatic rings. The summed E-state index contributed by atoms with van der Waals surface area (Å²) in [6.45, 7) is 8.11. The summed E-state index contributed by atoms with van der Waals surface area (Å²) in [4.78, 5) is 0. The Morgan fingerprint density at radius 2 is 0.968 bits per heavy atom. The maximum absolute atomic E-state index is 6.70. The summed E-state index contributed by atoms with van der Waals surface area (Å²) in [5.41, 5.74) is 0. The Hall–Kier alpha value is -0.120. The molecule has 1 saturated heterocycles. The van der Waals surface area contributed by atoms with Crippen LogP contribution in [0.5, 0.6) is 0 Å². The Morgan fingerprint density at radius 3 is 1.39 bits per heavy atom. The van der Waals surface area contributed by atoms with Gasteiger partial charge in [0.15, 0.2) is 5.79 Å². The van der Waals surface area contributed by atoms with Crippen LogP contribution in [0.3, 0.4) is 0 Å². The molecule has 0 spiro atoms. The fraction of sp³-hybridized carbons (Fsp3) is 1.00. The van der Waals surface area contributed by atoms with Crippen LogP contribution in [0.25, 0.3) is 0 Å². The lowest BCUT2D eigenvalue weighted by atomic mass is 9.99. The largest absolute Gasteiger partial charge is 0.344 e. The van der Waals surface area contributed by atoms with Crippen LogP contribution < -0.4 is 0 Å². The molecule has 1 heterocycles. The molecular weight excluding hydrogens is 382 g/mol. The van der Waals surface area contributed by atoms with Crippen molar-refractivity contribution in [3.05, 3.63) is 0 Å². The van der Waals surface area contributed by atoms with E-state index < -0.39 is 0 Å². The number of hydrogen-bond acceptors (Lipinski definition) is 2. The zero-order valence-electron chi connectivity index (χ0n) is 22.4. The molecule has 1 rings (SSSR count). The third kappa shape index (κ3) is 13.2. The van der Waals surface area contributed by atoms with Gasteiger partial charge in [0.2, 0.25) is 0 Å². The highest BCUT2D eigenvalue weighted by Crippen LogP contribution is 2.40. The van der Waals surface area contributed by atoms with Gasteiger partial charge in [-0.05, 0) is 25.7 Å². The van der Waals surface area contributed by atoms with Crippen molar-refractivity contribution in [1.29, 1.82) is 0 Å². The highest BCUT2D eigenvalue weighted by Gasteiger charge is 2.45. The van der Waals surface area contributed by atoms with Gasteiger partial charge in [0.1, 0.15) is 0 Å². The smallest absolute Gasteiger partial charge is 0.169 e. The Morgan fingerprint density at radius 1 is 0.548 bits per heavy atom. The van der Waals surface area contributed by atoms with Gasteiger partial charge in [-0.3, -0.25) is 0 Å². The van der Waals surface area contributed by atoms with E-state index in [2.05, 4.69) is 41.9 Å². The summed E-state index contributed by atoms with van der Waals surface area (Å²) >= 11 is 0. The summed E-state index contributed by atoms with van der Waals surface area (Å²) in [5.74, 6) is -0.285. The van der Waals surface area contributed by atoms with Crippen LogP contribution in [0.15, 0.2) is 0 Å². The Kier molecular flexibility index (Phi) is 15.4. The van der Waals surface area contributed by atoms with Crippen molar-refractivity contribution in [2.24, 2.45) is 0 Å². The molecule has 3 heteroatoms. The van der Waals surface area contributed by atoms with Crippen LogP contribution >= 0.6 is 0 Å². The first-order valence-electron chi connectivity index (χ1n) is 14.0. The van der Waals surface area contributed by atoms with Crippen LogP contribution in [0.4, 0.5) is 0 Å². The molecule has 31 heavy (non-hydrogen) atoms. The minimum Gasteiger partial charge on any atom is -0.344 e. The molecule has 1 aliphatic heterocycles. The molecule has 0 aromatic rings. The number of unbranched alkanes of at least 4 members (excludes halogenated alkanes) is 10. The van der Waals surface area contributed by atoms with Crippen LogP contribution in [-0.2, 0) is 9.47 Å². The summed E-state index contributed by atoms with van der Waals surface area (Å²) in [6.07, 6.45) is 23.7. The zero-order chi connectivity index (χ0) is 23.0. The van der Waals surface area contributed by atoms with E-state index in [4.69, 9.17) is 9.47 Å². The molecule has 0 amide bonds. The monoisotopic (exact) mass is 440 g/mol. The van der Waals surface area contributed by atoms with Gasteiger partial charge < -0.3 is 14.0 Å². The maximum atomic E-state index is 6.70. The molecule has 0 aliphatic carbocycles. The Bertz CT molecular complexity index is 412. The van der Waals surface area contributed by atoms with E-state index in [1.807, 2.05) is 0 Å². The highest BCUT2D eigenvalue weighted by molar-refractivity contribution is 4.86. The van der Waals surface area contributed by atoms with Crippen molar-refractivity contribution in [3.8, 4) is 0 Å². The summed E-state index contributed by atoms with van der Waals surface area (Å²) in [7, 11) is 6.88. The van der Waals surface area contributed by atoms with Crippen molar-refractivity contribution >= 4 is 0 Å². The molecule has 1 fully saturated rings. The van der Waals surface area contributed by atoms with Gasteiger partial charge in [0, 0.05) is 12.8 Å². The van der Waals surface area contributed by atoms with E-state index in [-0.39, 0.29) is 5.79 Å². The van der Waals surface area contributed by atoms with Gasteiger partial charge >= 0.3 is 0 Å². The van der Waals surface area contributed by atoms with Crippen molar-refractivity contribution in [1.82, 2.24) is 0 Å². The second-order valence-electron chi connectivity index (χ2n) is 11.2. The van der Waals surface area contributed by atoms with Gasteiger partial charge in [-0.2, -0.15) is 0 Å². The molecule has 2 atom stereocenters. The first kappa shape index (κ1) is 28.9. The molecule has 0 aromatic heterocycles. The average molecular weight is 441 g/mol. The van der Waals surface area contributed by atoms with Crippen LogP contribution in [-0.4, -0.2) is 50.2 Å². The maximum Gasteiger partial charge on any atom is 0.169 e. The molecule has 186 valence electrons. The SMILES string of the molecule is CCCCCCCC[C@H]1OC(CCC)(CCC)O[C@@H]1CCCCCCCC[N+](C)(C)C. The Balaban J connectivity index is 2.37. The molecule has 0 aromatic carbocycles. The predicted octanol–water partition coefficient (Wildman–Crippen LogP) is 8.25. The van der Waals surface area contributed by atoms with E-state index in [1.54, 1.807) is 0 Å². The highest BCUT2D eigenvalue weighted by atomic mass is 16.8. The lowest BCUT2D eigenvalue weighted by Crippen LogP contribution is -2.35. The number of hydrogen-bond donors (Lipinski definition) is 0. The lowest BCUT2D eigenvalue weighted by Gasteiger charge is -2.27.